The average molecular weight is 413 g/mol. The molecule has 0 atom stereocenters. The van der Waals surface area contributed by atoms with E-state index in [4.69, 9.17) is 0 Å². The molecule has 0 saturated heterocycles. The van der Waals surface area contributed by atoms with Gasteiger partial charge >= 0.3 is 0 Å². The van der Waals surface area contributed by atoms with Gasteiger partial charge in [-0.1, -0.05) is 18.2 Å². The summed E-state index contributed by atoms with van der Waals surface area (Å²) < 4.78 is 0. The lowest BCUT2D eigenvalue weighted by Gasteiger charge is -2.55. The zero-order valence-electron chi connectivity index (χ0n) is 17.1. The summed E-state index contributed by atoms with van der Waals surface area (Å²) >= 11 is 1.66. The molecular weight excluding hydrogens is 380 g/mol. The Bertz CT molecular complexity index is 741. The lowest BCUT2D eigenvalue weighted by molar-refractivity contribution is -0.146. The highest BCUT2D eigenvalue weighted by Gasteiger charge is 2.54. The summed E-state index contributed by atoms with van der Waals surface area (Å²) in [5.41, 5.74) is 0.750. The summed E-state index contributed by atoms with van der Waals surface area (Å²) in [4.78, 5) is 26.4. The summed E-state index contributed by atoms with van der Waals surface area (Å²) in [6, 6.07) is 7.84. The van der Waals surface area contributed by atoms with Crippen LogP contribution in [0, 0.1) is 23.2 Å². The van der Waals surface area contributed by atoms with Crippen LogP contribution in [0.1, 0.15) is 51.4 Å². The minimum atomic E-state index is -0.0989. The van der Waals surface area contributed by atoms with E-state index in [-0.39, 0.29) is 17.2 Å². The Morgan fingerprint density at radius 2 is 1.76 bits per heavy atom. The quantitative estimate of drug-likeness (QED) is 0.340. The monoisotopic (exact) mass is 412 g/mol. The van der Waals surface area contributed by atoms with Crippen molar-refractivity contribution >= 4 is 29.3 Å². The van der Waals surface area contributed by atoms with Gasteiger partial charge in [0, 0.05) is 29.0 Å². The molecule has 4 aliphatic carbocycles. The Kier molecular flexibility index (Phi) is 6.33. The van der Waals surface area contributed by atoms with Crippen LogP contribution in [-0.4, -0.2) is 24.1 Å². The number of amides is 2. The number of hydrogen-bond acceptors (Lipinski definition) is 3. The van der Waals surface area contributed by atoms with E-state index in [0.717, 1.165) is 53.4 Å². The minimum Gasteiger partial charge on any atom is -0.356 e. The van der Waals surface area contributed by atoms with Crippen molar-refractivity contribution in [2.75, 3.05) is 17.6 Å². The maximum Gasteiger partial charge on any atom is 0.226 e. The fourth-order valence-electron chi connectivity index (χ4n) is 6.08. The Hall–Kier alpha value is -1.75. The summed E-state index contributed by atoms with van der Waals surface area (Å²) in [5, 5.41) is 6.17. The standard InChI is InChI=1S/C24H32N2O2S/c1-2-10-29-21-7-4-3-6-20(21)26-22(27)8-5-9-25-23(28)24-14-17-11-18(15-24)13-19(12-17)16-24/h2-4,6-7,17-19H,1,5,8-16H2,(H,25,28)(H,26,27). The molecule has 0 aromatic heterocycles. The molecule has 2 amide bonds. The normalized spacial score (nSPS) is 29.4. The predicted octanol–water partition coefficient (Wildman–Crippen LogP) is 5.02. The molecule has 1 aromatic rings. The lowest BCUT2D eigenvalue weighted by atomic mass is 9.49. The summed E-state index contributed by atoms with van der Waals surface area (Å²) in [6.45, 7) is 4.33. The Balaban J connectivity index is 1.21. The number of benzene rings is 1. The van der Waals surface area contributed by atoms with Gasteiger partial charge in [0.15, 0.2) is 0 Å². The Labute approximate surface area is 178 Å². The first kappa shape index (κ1) is 20.5. The second-order valence-electron chi connectivity index (χ2n) is 9.20. The largest absolute Gasteiger partial charge is 0.356 e. The number of carbonyl (C=O) groups is 2. The van der Waals surface area contributed by atoms with E-state index in [0.29, 0.717) is 19.4 Å². The van der Waals surface area contributed by atoms with Crippen molar-refractivity contribution in [2.45, 2.75) is 56.3 Å². The molecule has 4 saturated carbocycles. The van der Waals surface area contributed by atoms with Crippen LogP contribution < -0.4 is 10.6 Å². The van der Waals surface area contributed by atoms with E-state index in [1.54, 1.807) is 11.8 Å². The van der Waals surface area contributed by atoms with Gasteiger partial charge < -0.3 is 10.6 Å². The molecule has 5 heteroatoms. The molecule has 2 N–H and O–H groups in total. The molecule has 0 radical (unpaired) electrons. The third-order valence-corrected chi connectivity index (χ3v) is 7.97. The van der Waals surface area contributed by atoms with Crippen molar-refractivity contribution in [2.24, 2.45) is 23.2 Å². The number of thioether (sulfide) groups is 1. The molecule has 4 fully saturated rings. The van der Waals surface area contributed by atoms with E-state index < -0.39 is 0 Å². The van der Waals surface area contributed by atoms with Gasteiger partial charge in [-0.2, -0.15) is 0 Å². The molecule has 0 spiro atoms. The van der Waals surface area contributed by atoms with Gasteiger partial charge in [-0.25, -0.2) is 0 Å². The summed E-state index contributed by atoms with van der Waals surface area (Å²) in [5.74, 6) is 3.39. The summed E-state index contributed by atoms with van der Waals surface area (Å²) in [6.07, 6.45) is 10.3. The number of carbonyl (C=O) groups excluding carboxylic acids is 2. The minimum absolute atomic E-state index is 0.000654. The van der Waals surface area contributed by atoms with E-state index in [1.807, 2.05) is 30.3 Å². The van der Waals surface area contributed by atoms with Crippen molar-refractivity contribution in [1.29, 1.82) is 0 Å². The van der Waals surface area contributed by atoms with E-state index in [9.17, 15) is 9.59 Å². The number of anilines is 1. The molecule has 1 aromatic carbocycles. The zero-order chi connectivity index (χ0) is 20.3. The zero-order valence-corrected chi connectivity index (χ0v) is 17.9. The Morgan fingerprint density at radius 1 is 1.10 bits per heavy atom. The molecule has 0 unspecified atom stereocenters. The van der Waals surface area contributed by atoms with Gasteiger partial charge in [0.25, 0.3) is 0 Å². The molecule has 5 rings (SSSR count). The molecule has 4 aliphatic rings. The van der Waals surface area contributed by atoms with Crippen LogP contribution in [-0.2, 0) is 9.59 Å². The highest BCUT2D eigenvalue weighted by atomic mass is 32.2. The van der Waals surface area contributed by atoms with Crippen LogP contribution in [0.15, 0.2) is 41.8 Å². The van der Waals surface area contributed by atoms with Crippen molar-refractivity contribution in [3.8, 4) is 0 Å². The van der Waals surface area contributed by atoms with Crippen molar-refractivity contribution < 1.29 is 9.59 Å². The first-order valence-corrected chi connectivity index (χ1v) is 12.0. The molecule has 156 valence electrons. The maximum atomic E-state index is 13.0. The molecule has 29 heavy (non-hydrogen) atoms. The van der Waals surface area contributed by atoms with Crippen LogP contribution in [0.25, 0.3) is 0 Å². The first-order valence-electron chi connectivity index (χ1n) is 11.0. The average Bonchev–Trinajstić information content (AvgIpc) is 2.69. The molecule has 4 bridgehead atoms. The molecule has 4 nitrogen and oxygen atoms in total. The van der Waals surface area contributed by atoms with Crippen molar-refractivity contribution in [3.05, 3.63) is 36.9 Å². The van der Waals surface area contributed by atoms with Crippen LogP contribution in [0.2, 0.25) is 0 Å². The second-order valence-corrected chi connectivity index (χ2v) is 10.3. The number of rotatable bonds is 9. The fraction of sp³-hybridized carbons (Fsp3) is 0.583. The topological polar surface area (TPSA) is 58.2 Å². The smallest absolute Gasteiger partial charge is 0.226 e. The van der Waals surface area contributed by atoms with E-state index in [2.05, 4.69) is 17.2 Å². The SMILES string of the molecule is C=CCSc1ccccc1NC(=O)CCCNC(=O)C12CC3CC(CC(C3)C1)C2. The van der Waals surface area contributed by atoms with E-state index >= 15 is 0 Å². The van der Waals surface area contributed by atoms with Gasteiger partial charge in [-0.05, 0) is 74.8 Å². The summed E-state index contributed by atoms with van der Waals surface area (Å²) in [7, 11) is 0. The van der Waals surface area contributed by atoms with Gasteiger partial charge in [0.1, 0.15) is 0 Å². The lowest BCUT2D eigenvalue weighted by Crippen LogP contribution is -2.53. The Morgan fingerprint density at radius 3 is 2.41 bits per heavy atom. The van der Waals surface area contributed by atoms with Gasteiger partial charge in [0.05, 0.1) is 5.69 Å². The number of para-hydroxylation sites is 1. The van der Waals surface area contributed by atoms with E-state index in [1.165, 1.54) is 19.3 Å². The number of hydrogen-bond donors (Lipinski definition) is 2. The highest BCUT2D eigenvalue weighted by Crippen LogP contribution is 2.60. The fourth-order valence-corrected chi connectivity index (χ4v) is 6.83. The third kappa shape index (κ3) is 4.71. The molecule has 0 aliphatic heterocycles. The van der Waals surface area contributed by atoms with Gasteiger partial charge in [0.2, 0.25) is 11.8 Å². The van der Waals surface area contributed by atoms with Crippen molar-refractivity contribution in [3.63, 3.8) is 0 Å². The van der Waals surface area contributed by atoms with Gasteiger partial charge in [-0.3, -0.25) is 9.59 Å². The maximum absolute atomic E-state index is 13.0. The third-order valence-electron chi connectivity index (χ3n) is 6.90. The van der Waals surface area contributed by atoms with Crippen LogP contribution in [0.3, 0.4) is 0 Å². The predicted molar refractivity (Wildman–Crippen MR) is 119 cm³/mol. The van der Waals surface area contributed by atoms with Crippen LogP contribution >= 0.6 is 11.8 Å². The first-order chi connectivity index (χ1) is 14.1. The van der Waals surface area contributed by atoms with Crippen LogP contribution in [0.4, 0.5) is 5.69 Å². The van der Waals surface area contributed by atoms with Crippen molar-refractivity contribution in [1.82, 2.24) is 5.32 Å². The van der Waals surface area contributed by atoms with Gasteiger partial charge in [-0.15, -0.1) is 18.3 Å². The van der Waals surface area contributed by atoms with Crippen LogP contribution in [0.5, 0.6) is 0 Å². The second kappa shape index (κ2) is 8.95. The molecule has 0 heterocycles. The highest BCUT2D eigenvalue weighted by molar-refractivity contribution is 7.99. The number of nitrogens with one attached hydrogen (secondary N) is 2. The molecular formula is C24H32N2O2S.